The summed E-state index contributed by atoms with van der Waals surface area (Å²) in [7, 11) is 2.32. The van der Waals surface area contributed by atoms with Gasteiger partial charge in [-0.25, -0.2) is 0 Å². The van der Waals surface area contributed by atoms with Gasteiger partial charge in [0.05, 0.1) is 3.79 Å². The van der Waals surface area contributed by atoms with Crippen LogP contribution in [0.3, 0.4) is 0 Å². The predicted molar refractivity (Wildman–Crippen MR) is 81.1 cm³/mol. The highest BCUT2D eigenvalue weighted by molar-refractivity contribution is 9.11. The van der Waals surface area contributed by atoms with E-state index in [2.05, 4.69) is 44.6 Å². The third-order valence-corrected chi connectivity index (χ3v) is 6.11. The summed E-state index contributed by atoms with van der Waals surface area (Å²) in [4.78, 5) is 2.63. The zero-order valence-electron chi connectivity index (χ0n) is 10.9. The fourth-order valence-corrected chi connectivity index (χ4v) is 4.69. The van der Waals surface area contributed by atoms with Crippen molar-refractivity contribution in [1.29, 1.82) is 0 Å². The lowest BCUT2D eigenvalue weighted by Crippen LogP contribution is -2.54. The normalized spacial score (nSPS) is 32.7. The van der Waals surface area contributed by atoms with E-state index >= 15 is 0 Å². The molecule has 100 valence electrons. The van der Waals surface area contributed by atoms with Crippen molar-refractivity contribution in [2.45, 2.75) is 56.8 Å². The lowest BCUT2D eigenvalue weighted by Gasteiger charge is -2.47. The van der Waals surface area contributed by atoms with Crippen molar-refractivity contribution >= 4 is 27.3 Å². The van der Waals surface area contributed by atoms with Gasteiger partial charge in [-0.1, -0.05) is 6.42 Å². The Balaban J connectivity index is 1.55. The molecule has 2 aliphatic rings. The quantitative estimate of drug-likeness (QED) is 0.911. The molecule has 1 aromatic heterocycles. The summed E-state index contributed by atoms with van der Waals surface area (Å²) in [5.41, 5.74) is 1.41. The predicted octanol–water partition coefficient (Wildman–Crippen LogP) is 3.62. The molecule has 0 aliphatic carbocycles. The molecular weight excluding hydrogens is 308 g/mol. The summed E-state index contributed by atoms with van der Waals surface area (Å²) >= 11 is 5.31. The van der Waals surface area contributed by atoms with Crippen molar-refractivity contribution in [3.05, 3.63) is 20.8 Å². The number of piperidine rings is 2. The summed E-state index contributed by atoms with van der Waals surface area (Å²) in [6.45, 7) is 1.02. The van der Waals surface area contributed by atoms with Crippen LogP contribution in [0.15, 0.2) is 15.2 Å². The van der Waals surface area contributed by atoms with E-state index in [0.717, 1.165) is 24.7 Å². The smallest absolute Gasteiger partial charge is 0.0701 e. The molecule has 0 radical (unpaired) electrons. The van der Waals surface area contributed by atoms with E-state index in [1.165, 1.54) is 41.5 Å². The first-order valence-electron chi connectivity index (χ1n) is 6.90. The molecule has 1 aromatic rings. The van der Waals surface area contributed by atoms with Gasteiger partial charge in [-0.05, 0) is 65.7 Å². The van der Waals surface area contributed by atoms with Crippen LogP contribution in [0.1, 0.15) is 37.7 Å². The Labute approximate surface area is 122 Å². The molecule has 2 unspecified atom stereocenters. The molecule has 4 heteroatoms. The maximum atomic E-state index is 3.76. The Morgan fingerprint density at radius 2 is 2.11 bits per heavy atom. The Kier molecular flexibility index (Phi) is 4.09. The second-order valence-electron chi connectivity index (χ2n) is 5.71. The van der Waals surface area contributed by atoms with Crippen molar-refractivity contribution in [1.82, 2.24) is 10.2 Å². The molecule has 2 bridgehead atoms. The van der Waals surface area contributed by atoms with Gasteiger partial charge in [-0.2, -0.15) is 0 Å². The van der Waals surface area contributed by atoms with Gasteiger partial charge in [-0.3, -0.25) is 0 Å². The number of hydrogen-bond donors (Lipinski definition) is 1. The lowest BCUT2D eigenvalue weighted by atomic mass is 9.82. The average molecular weight is 329 g/mol. The van der Waals surface area contributed by atoms with Gasteiger partial charge in [0.25, 0.3) is 0 Å². The number of thiophene rings is 1. The molecular formula is C14H21BrN2S. The zero-order chi connectivity index (χ0) is 12.5. The minimum atomic E-state index is 0.718. The van der Waals surface area contributed by atoms with Gasteiger partial charge in [0.15, 0.2) is 0 Å². The van der Waals surface area contributed by atoms with Crippen molar-refractivity contribution in [2.75, 3.05) is 7.05 Å². The van der Waals surface area contributed by atoms with Crippen molar-refractivity contribution in [3.8, 4) is 0 Å². The highest BCUT2D eigenvalue weighted by atomic mass is 79.9. The molecule has 3 rings (SSSR count). The van der Waals surface area contributed by atoms with Crippen LogP contribution < -0.4 is 5.32 Å². The van der Waals surface area contributed by atoms with Crippen LogP contribution in [0.5, 0.6) is 0 Å². The first kappa shape index (κ1) is 13.1. The first-order valence-corrected chi connectivity index (χ1v) is 8.58. The minimum absolute atomic E-state index is 0.718. The van der Waals surface area contributed by atoms with Crippen molar-refractivity contribution in [2.24, 2.45) is 0 Å². The Morgan fingerprint density at radius 1 is 1.39 bits per heavy atom. The van der Waals surface area contributed by atoms with E-state index < -0.39 is 0 Å². The highest BCUT2D eigenvalue weighted by Gasteiger charge is 2.35. The molecule has 1 N–H and O–H groups in total. The molecule has 2 fully saturated rings. The SMILES string of the molecule is CN1C2CCCC1CC(NCc1csc(Br)c1)C2. The van der Waals surface area contributed by atoms with Gasteiger partial charge >= 0.3 is 0 Å². The van der Waals surface area contributed by atoms with Crippen LogP contribution in [0.4, 0.5) is 0 Å². The molecule has 2 aliphatic heterocycles. The maximum absolute atomic E-state index is 3.76. The number of halogens is 1. The molecule has 0 saturated carbocycles. The Hall–Kier alpha value is 0.100. The molecule has 0 spiro atoms. The summed E-state index contributed by atoms with van der Waals surface area (Å²) < 4.78 is 1.24. The Morgan fingerprint density at radius 3 is 2.72 bits per heavy atom. The van der Waals surface area contributed by atoms with E-state index in [4.69, 9.17) is 0 Å². The first-order chi connectivity index (χ1) is 8.72. The largest absolute Gasteiger partial charge is 0.310 e. The maximum Gasteiger partial charge on any atom is 0.0701 e. The fourth-order valence-electron chi connectivity index (χ4n) is 3.48. The third kappa shape index (κ3) is 2.82. The summed E-state index contributed by atoms with van der Waals surface area (Å²) in [5.74, 6) is 0. The molecule has 0 amide bonds. The van der Waals surface area contributed by atoms with E-state index in [1.54, 1.807) is 11.3 Å². The van der Waals surface area contributed by atoms with Crippen LogP contribution >= 0.6 is 27.3 Å². The number of nitrogens with one attached hydrogen (secondary N) is 1. The average Bonchev–Trinajstić information content (AvgIpc) is 2.73. The van der Waals surface area contributed by atoms with E-state index in [9.17, 15) is 0 Å². The standard InChI is InChI=1S/C14H21BrN2S/c1-17-12-3-2-4-13(17)7-11(6-12)16-8-10-5-14(15)18-9-10/h5,9,11-13,16H,2-4,6-8H2,1H3. The molecule has 2 nitrogen and oxygen atoms in total. The molecule has 0 aromatic carbocycles. The minimum Gasteiger partial charge on any atom is -0.310 e. The highest BCUT2D eigenvalue weighted by Crippen LogP contribution is 2.32. The summed E-state index contributed by atoms with van der Waals surface area (Å²) in [6.07, 6.45) is 6.89. The van der Waals surface area contributed by atoms with Gasteiger partial charge in [0, 0.05) is 24.7 Å². The van der Waals surface area contributed by atoms with Crippen LogP contribution in [0, 0.1) is 0 Å². The fraction of sp³-hybridized carbons (Fsp3) is 0.714. The number of hydrogen-bond acceptors (Lipinski definition) is 3. The van der Waals surface area contributed by atoms with E-state index in [0.29, 0.717) is 0 Å². The molecule has 18 heavy (non-hydrogen) atoms. The van der Waals surface area contributed by atoms with Gasteiger partial charge in [0.2, 0.25) is 0 Å². The van der Waals surface area contributed by atoms with Crippen LogP contribution in [0.2, 0.25) is 0 Å². The van der Waals surface area contributed by atoms with Gasteiger partial charge in [-0.15, -0.1) is 11.3 Å². The third-order valence-electron chi connectivity index (χ3n) is 4.56. The number of fused-ring (bicyclic) bond motifs is 2. The summed E-state index contributed by atoms with van der Waals surface area (Å²) in [6, 6.07) is 4.59. The lowest BCUT2D eigenvalue weighted by molar-refractivity contribution is 0.0482. The summed E-state index contributed by atoms with van der Waals surface area (Å²) in [5, 5.41) is 6.00. The van der Waals surface area contributed by atoms with Gasteiger partial charge < -0.3 is 10.2 Å². The van der Waals surface area contributed by atoms with Crippen molar-refractivity contribution in [3.63, 3.8) is 0 Å². The number of nitrogens with zero attached hydrogens (tertiary/aromatic N) is 1. The van der Waals surface area contributed by atoms with E-state index in [1.807, 2.05) is 0 Å². The van der Waals surface area contributed by atoms with Crippen molar-refractivity contribution < 1.29 is 0 Å². The molecule has 3 heterocycles. The second kappa shape index (κ2) is 5.61. The van der Waals surface area contributed by atoms with E-state index in [-0.39, 0.29) is 0 Å². The topological polar surface area (TPSA) is 15.3 Å². The second-order valence-corrected chi connectivity index (χ2v) is 8.00. The van der Waals surface area contributed by atoms with Gasteiger partial charge in [0.1, 0.15) is 0 Å². The molecule has 2 saturated heterocycles. The zero-order valence-corrected chi connectivity index (χ0v) is 13.3. The monoisotopic (exact) mass is 328 g/mol. The number of rotatable bonds is 3. The van der Waals surface area contributed by atoms with Crippen LogP contribution in [0.25, 0.3) is 0 Å². The Bertz CT molecular complexity index is 392. The van der Waals surface area contributed by atoms with Crippen LogP contribution in [-0.2, 0) is 6.54 Å². The molecule has 2 atom stereocenters. The van der Waals surface area contributed by atoms with Crippen LogP contribution in [-0.4, -0.2) is 30.1 Å².